The number of amides is 1. The Kier molecular flexibility index (Phi) is 8.92. The summed E-state index contributed by atoms with van der Waals surface area (Å²) in [6.45, 7) is 7.09. The van der Waals surface area contributed by atoms with Crippen LogP contribution in [0.1, 0.15) is 27.7 Å². The van der Waals surface area contributed by atoms with Crippen molar-refractivity contribution in [3.63, 3.8) is 0 Å². The molecule has 12 heteroatoms. The van der Waals surface area contributed by atoms with E-state index in [1.807, 2.05) is 6.92 Å². The summed E-state index contributed by atoms with van der Waals surface area (Å²) in [5.74, 6) is 0.106. The average molecular weight is 514 g/mol. The molecule has 34 heavy (non-hydrogen) atoms. The zero-order valence-corrected chi connectivity index (χ0v) is 21.7. The fourth-order valence-corrected chi connectivity index (χ4v) is 5.68. The van der Waals surface area contributed by atoms with Crippen molar-refractivity contribution < 1.29 is 31.1 Å². The highest BCUT2D eigenvalue weighted by atomic mass is 32.2. The van der Waals surface area contributed by atoms with Gasteiger partial charge < -0.3 is 14.8 Å². The van der Waals surface area contributed by atoms with E-state index in [1.54, 1.807) is 38.1 Å². The third-order valence-corrected chi connectivity index (χ3v) is 7.52. The van der Waals surface area contributed by atoms with Crippen molar-refractivity contribution in [2.75, 3.05) is 29.6 Å². The zero-order valence-electron chi connectivity index (χ0n) is 20.0. The van der Waals surface area contributed by atoms with Gasteiger partial charge in [-0.3, -0.25) is 9.10 Å². The maximum absolute atomic E-state index is 13.1. The largest absolute Gasteiger partial charge is 0.495 e. The van der Waals surface area contributed by atoms with Gasteiger partial charge in [-0.2, -0.15) is 0 Å². The number of sulfonamides is 2. The van der Waals surface area contributed by atoms with E-state index in [0.29, 0.717) is 12.4 Å². The molecule has 2 rings (SSSR count). The highest BCUT2D eigenvalue weighted by Crippen LogP contribution is 2.29. The predicted octanol–water partition coefficient (Wildman–Crippen LogP) is 2.57. The van der Waals surface area contributed by atoms with Crippen LogP contribution in [0.3, 0.4) is 0 Å². The van der Waals surface area contributed by atoms with Gasteiger partial charge in [0.2, 0.25) is 26.0 Å². The van der Waals surface area contributed by atoms with Gasteiger partial charge in [0.05, 0.1) is 36.2 Å². The molecule has 0 aliphatic heterocycles. The molecule has 0 unspecified atom stereocenters. The third kappa shape index (κ3) is 6.84. The number of rotatable bonds is 11. The number of nitrogens with one attached hydrogen (secondary N) is 2. The molecule has 10 nitrogen and oxygen atoms in total. The lowest BCUT2D eigenvalue weighted by atomic mass is 10.2. The van der Waals surface area contributed by atoms with Crippen LogP contribution < -0.4 is 23.8 Å². The molecule has 2 aromatic rings. The Morgan fingerprint density at radius 2 is 1.65 bits per heavy atom. The Hall–Kier alpha value is -2.83. The molecule has 0 saturated heterocycles. The summed E-state index contributed by atoms with van der Waals surface area (Å²) >= 11 is 0. The highest BCUT2D eigenvalue weighted by Gasteiger charge is 2.30. The number of nitrogens with zero attached hydrogens (tertiary/aromatic N) is 1. The molecule has 2 aromatic carbocycles. The first-order valence-corrected chi connectivity index (χ1v) is 13.9. The Labute approximate surface area is 201 Å². The highest BCUT2D eigenvalue weighted by molar-refractivity contribution is 7.92. The van der Waals surface area contributed by atoms with Gasteiger partial charge in [0.15, 0.2) is 0 Å². The second-order valence-corrected chi connectivity index (χ2v) is 11.4. The molecule has 0 fully saturated rings. The van der Waals surface area contributed by atoms with Crippen molar-refractivity contribution in [2.45, 2.75) is 44.7 Å². The Morgan fingerprint density at radius 1 is 1.03 bits per heavy atom. The second kappa shape index (κ2) is 11.1. The standard InChI is InChI=1S/C22H31N3O7S2/c1-7-32-18-10-8-17(9-11-18)25(33(6,27)28)16(4)22(26)23-20-14-19(12-13-21(20)31-5)34(29,30)24-15(2)3/h8-16,24H,7H2,1-6H3,(H,23,26)/t16-/m1/s1. The number of carbonyl (C=O) groups is 1. The van der Waals surface area contributed by atoms with Gasteiger partial charge in [0.1, 0.15) is 17.5 Å². The summed E-state index contributed by atoms with van der Waals surface area (Å²) in [7, 11) is -6.30. The normalized spacial score (nSPS) is 12.8. The molecule has 1 amide bonds. The number of ether oxygens (including phenoxy) is 2. The van der Waals surface area contributed by atoms with Crippen molar-refractivity contribution in [3.05, 3.63) is 42.5 Å². The number of methoxy groups -OCH3 is 1. The van der Waals surface area contributed by atoms with Gasteiger partial charge in [-0.15, -0.1) is 0 Å². The quantitative estimate of drug-likeness (QED) is 0.472. The van der Waals surface area contributed by atoms with E-state index in [0.717, 1.165) is 10.6 Å². The topological polar surface area (TPSA) is 131 Å². The molecular weight excluding hydrogens is 482 g/mol. The SMILES string of the molecule is CCOc1ccc(N([C@H](C)C(=O)Nc2cc(S(=O)(=O)NC(C)C)ccc2OC)S(C)(=O)=O)cc1. The van der Waals surface area contributed by atoms with Crippen LogP contribution in [0, 0.1) is 0 Å². The lowest BCUT2D eigenvalue weighted by molar-refractivity contribution is -0.116. The molecule has 0 aliphatic rings. The van der Waals surface area contributed by atoms with Crippen LogP contribution in [0.4, 0.5) is 11.4 Å². The van der Waals surface area contributed by atoms with E-state index in [2.05, 4.69) is 10.0 Å². The van der Waals surface area contributed by atoms with Gasteiger partial charge in [-0.1, -0.05) is 0 Å². The van der Waals surface area contributed by atoms with Gasteiger partial charge >= 0.3 is 0 Å². The Balaban J connectivity index is 2.39. The molecule has 0 heterocycles. The van der Waals surface area contributed by atoms with E-state index in [-0.39, 0.29) is 28.1 Å². The van der Waals surface area contributed by atoms with Gasteiger partial charge in [-0.05, 0) is 70.2 Å². The van der Waals surface area contributed by atoms with Gasteiger partial charge in [-0.25, -0.2) is 21.6 Å². The number of hydrogen-bond acceptors (Lipinski definition) is 7. The van der Waals surface area contributed by atoms with Crippen LogP contribution in [0.2, 0.25) is 0 Å². The van der Waals surface area contributed by atoms with Crippen LogP contribution in [0.15, 0.2) is 47.4 Å². The fourth-order valence-electron chi connectivity index (χ4n) is 3.23. The van der Waals surface area contributed by atoms with Crippen molar-refractivity contribution in [1.82, 2.24) is 4.72 Å². The first kappa shape index (κ1) is 27.4. The van der Waals surface area contributed by atoms with Crippen molar-refractivity contribution in [3.8, 4) is 11.5 Å². The molecule has 0 bridgehead atoms. The maximum Gasteiger partial charge on any atom is 0.248 e. The summed E-state index contributed by atoms with van der Waals surface area (Å²) in [4.78, 5) is 13.0. The molecule has 2 N–H and O–H groups in total. The van der Waals surface area contributed by atoms with Crippen LogP contribution in [0.25, 0.3) is 0 Å². The van der Waals surface area contributed by atoms with Crippen LogP contribution in [0.5, 0.6) is 11.5 Å². The van der Waals surface area contributed by atoms with E-state index in [4.69, 9.17) is 9.47 Å². The van der Waals surface area contributed by atoms with Crippen LogP contribution >= 0.6 is 0 Å². The molecule has 0 saturated carbocycles. The molecule has 1 atom stereocenters. The van der Waals surface area contributed by atoms with Crippen LogP contribution in [-0.2, 0) is 24.8 Å². The smallest absolute Gasteiger partial charge is 0.248 e. The zero-order chi connectivity index (χ0) is 25.7. The fraction of sp³-hybridized carbons (Fsp3) is 0.409. The summed E-state index contributed by atoms with van der Waals surface area (Å²) in [6, 6.07) is 8.84. The minimum absolute atomic E-state index is 0.0727. The molecule has 0 radical (unpaired) electrons. The van der Waals surface area contributed by atoms with Crippen molar-refractivity contribution in [2.24, 2.45) is 0 Å². The minimum Gasteiger partial charge on any atom is -0.495 e. The van der Waals surface area contributed by atoms with Gasteiger partial charge in [0.25, 0.3) is 0 Å². The first-order valence-electron chi connectivity index (χ1n) is 10.5. The molecular formula is C22H31N3O7S2. The average Bonchev–Trinajstić information content (AvgIpc) is 2.73. The predicted molar refractivity (Wildman–Crippen MR) is 131 cm³/mol. The van der Waals surface area contributed by atoms with E-state index in [9.17, 15) is 21.6 Å². The third-order valence-electron chi connectivity index (χ3n) is 4.62. The monoisotopic (exact) mass is 513 g/mol. The Morgan fingerprint density at radius 3 is 2.15 bits per heavy atom. The first-order chi connectivity index (χ1) is 15.8. The van der Waals surface area contributed by atoms with Crippen molar-refractivity contribution in [1.29, 1.82) is 0 Å². The number of hydrogen-bond donors (Lipinski definition) is 2. The number of benzene rings is 2. The molecule has 188 valence electrons. The molecule has 0 aliphatic carbocycles. The number of anilines is 2. The molecule has 0 spiro atoms. The maximum atomic E-state index is 13.1. The van der Waals surface area contributed by atoms with Crippen LogP contribution in [-0.4, -0.2) is 54.8 Å². The summed E-state index contributed by atoms with van der Waals surface area (Å²) in [5.41, 5.74) is 0.365. The van der Waals surface area contributed by atoms with E-state index in [1.165, 1.54) is 32.2 Å². The summed E-state index contributed by atoms with van der Waals surface area (Å²) in [6.07, 6.45) is 0.999. The second-order valence-electron chi connectivity index (χ2n) is 7.79. The molecule has 0 aromatic heterocycles. The lowest BCUT2D eigenvalue weighted by Gasteiger charge is -2.28. The van der Waals surface area contributed by atoms with E-state index >= 15 is 0 Å². The van der Waals surface area contributed by atoms with Crippen molar-refractivity contribution >= 4 is 37.3 Å². The minimum atomic E-state index is -3.85. The Bertz CT molecular complexity index is 1210. The number of carbonyl (C=O) groups excluding carboxylic acids is 1. The summed E-state index contributed by atoms with van der Waals surface area (Å²) in [5, 5.41) is 2.59. The lowest BCUT2D eigenvalue weighted by Crippen LogP contribution is -2.45. The van der Waals surface area contributed by atoms with E-state index < -0.39 is 32.0 Å². The summed E-state index contributed by atoms with van der Waals surface area (Å²) < 4.78 is 64.3. The van der Waals surface area contributed by atoms with Gasteiger partial charge in [0, 0.05) is 6.04 Å².